The molecule has 1 aliphatic heterocycles. The van der Waals surface area contributed by atoms with E-state index in [1.807, 2.05) is 42.5 Å². The van der Waals surface area contributed by atoms with Gasteiger partial charge in [0.1, 0.15) is 6.04 Å². The largest absolute Gasteiger partial charge is 0.343 e. The van der Waals surface area contributed by atoms with Crippen LogP contribution in [0.1, 0.15) is 30.9 Å². The van der Waals surface area contributed by atoms with E-state index < -0.39 is 6.04 Å². The summed E-state index contributed by atoms with van der Waals surface area (Å²) in [5, 5.41) is 10.1. The molecule has 1 saturated heterocycles. The Hall–Kier alpha value is -3.29. The highest BCUT2D eigenvalue weighted by Gasteiger charge is 2.31. The first-order chi connectivity index (χ1) is 16.6. The Morgan fingerprint density at radius 2 is 1.97 bits per heavy atom. The van der Waals surface area contributed by atoms with E-state index in [-0.39, 0.29) is 23.8 Å². The van der Waals surface area contributed by atoms with Gasteiger partial charge in [0, 0.05) is 5.39 Å². The number of aromatic nitrogens is 1. The van der Waals surface area contributed by atoms with Gasteiger partial charge in [-0.1, -0.05) is 43.3 Å². The van der Waals surface area contributed by atoms with E-state index in [0.717, 1.165) is 29.4 Å². The van der Waals surface area contributed by atoms with Crippen LogP contribution in [0.15, 0.2) is 60.8 Å². The van der Waals surface area contributed by atoms with Crippen LogP contribution in [-0.4, -0.2) is 42.0 Å². The Bertz CT molecular complexity index is 1130. The molecular weight excluding hydrogens is 426 g/mol. The Balaban J connectivity index is 1.48. The third-order valence-corrected chi connectivity index (χ3v) is 6.49. The fraction of sp³-hybridized carbons (Fsp3) is 0.370. The van der Waals surface area contributed by atoms with Gasteiger partial charge in [-0.05, 0) is 74.0 Å². The van der Waals surface area contributed by atoms with Crippen molar-refractivity contribution in [2.75, 3.05) is 18.4 Å². The van der Waals surface area contributed by atoms with Crippen LogP contribution in [-0.2, 0) is 22.4 Å². The highest BCUT2D eigenvalue weighted by Crippen LogP contribution is 2.19. The number of carbonyl (C=O) groups is 2. The van der Waals surface area contributed by atoms with Crippen molar-refractivity contribution >= 4 is 28.4 Å². The summed E-state index contributed by atoms with van der Waals surface area (Å²) in [5.74, 6) is -0.122. The number of hydrogen-bond donors (Lipinski definition) is 4. The highest BCUT2D eigenvalue weighted by atomic mass is 16.2. The van der Waals surface area contributed by atoms with Crippen LogP contribution in [0.25, 0.3) is 10.9 Å². The van der Waals surface area contributed by atoms with Gasteiger partial charge in [0.15, 0.2) is 0 Å². The molecule has 0 radical (unpaired) electrons. The summed E-state index contributed by atoms with van der Waals surface area (Å²) in [4.78, 5) is 30.7. The van der Waals surface area contributed by atoms with Gasteiger partial charge in [-0.25, -0.2) is 0 Å². The SMILES string of the molecule is CCc1ccc2ncc(NC(=O)[C@@H](CCc3ccccc3)NC(=O)[C@H]3C[C@H](CN)CN3)cc2c1. The molecule has 0 saturated carbocycles. The van der Waals surface area contributed by atoms with Crippen LogP contribution in [0.2, 0.25) is 0 Å². The third kappa shape index (κ3) is 5.98. The summed E-state index contributed by atoms with van der Waals surface area (Å²) in [6, 6.07) is 17.1. The zero-order valence-electron chi connectivity index (χ0n) is 19.6. The topological polar surface area (TPSA) is 109 Å². The van der Waals surface area contributed by atoms with E-state index >= 15 is 0 Å². The molecule has 0 spiro atoms. The molecule has 4 rings (SSSR count). The molecule has 0 unspecified atom stereocenters. The molecule has 7 nitrogen and oxygen atoms in total. The Labute approximate surface area is 200 Å². The van der Waals surface area contributed by atoms with Crippen molar-refractivity contribution in [1.29, 1.82) is 0 Å². The Morgan fingerprint density at radius 1 is 1.15 bits per heavy atom. The Morgan fingerprint density at radius 3 is 2.71 bits per heavy atom. The van der Waals surface area contributed by atoms with Crippen molar-refractivity contribution in [1.82, 2.24) is 15.6 Å². The van der Waals surface area contributed by atoms with Crippen LogP contribution >= 0.6 is 0 Å². The van der Waals surface area contributed by atoms with Crippen molar-refractivity contribution in [3.05, 3.63) is 71.9 Å². The van der Waals surface area contributed by atoms with Crippen molar-refractivity contribution in [2.24, 2.45) is 11.7 Å². The van der Waals surface area contributed by atoms with Gasteiger partial charge in [0.25, 0.3) is 0 Å². The summed E-state index contributed by atoms with van der Waals surface area (Å²) >= 11 is 0. The van der Waals surface area contributed by atoms with Gasteiger partial charge in [-0.2, -0.15) is 0 Å². The molecule has 5 N–H and O–H groups in total. The van der Waals surface area contributed by atoms with E-state index in [2.05, 4.69) is 40.0 Å². The van der Waals surface area contributed by atoms with Crippen LogP contribution in [0.3, 0.4) is 0 Å². The van der Waals surface area contributed by atoms with Crippen molar-refractivity contribution < 1.29 is 9.59 Å². The lowest BCUT2D eigenvalue weighted by Crippen LogP contribution is -2.50. The molecule has 3 atom stereocenters. The Kier molecular flexibility index (Phi) is 7.87. The number of amides is 2. The molecule has 2 aromatic carbocycles. The number of nitrogens with zero attached hydrogens (tertiary/aromatic N) is 1. The number of hydrogen-bond acceptors (Lipinski definition) is 5. The number of aryl methyl sites for hydroxylation is 2. The van der Waals surface area contributed by atoms with Gasteiger partial charge in [0.05, 0.1) is 23.4 Å². The van der Waals surface area contributed by atoms with Gasteiger partial charge in [0.2, 0.25) is 11.8 Å². The first-order valence-corrected chi connectivity index (χ1v) is 12.0. The van der Waals surface area contributed by atoms with Gasteiger partial charge >= 0.3 is 0 Å². The fourth-order valence-electron chi connectivity index (χ4n) is 4.38. The second-order valence-electron chi connectivity index (χ2n) is 8.98. The molecule has 34 heavy (non-hydrogen) atoms. The van der Waals surface area contributed by atoms with E-state index in [9.17, 15) is 9.59 Å². The maximum atomic E-state index is 13.3. The second kappa shape index (κ2) is 11.2. The smallest absolute Gasteiger partial charge is 0.247 e. The number of fused-ring (bicyclic) bond motifs is 1. The van der Waals surface area contributed by atoms with Crippen LogP contribution in [0, 0.1) is 5.92 Å². The lowest BCUT2D eigenvalue weighted by atomic mass is 10.0. The second-order valence-corrected chi connectivity index (χ2v) is 8.98. The van der Waals surface area contributed by atoms with Gasteiger partial charge < -0.3 is 21.7 Å². The number of benzene rings is 2. The van der Waals surface area contributed by atoms with Crippen LogP contribution in [0.5, 0.6) is 0 Å². The first kappa shape index (κ1) is 23.9. The van der Waals surface area contributed by atoms with Crippen molar-refractivity contribution in [3.8, 4) is 0 Å². The van der Waals surface area contributed by atoms with E-state index in [1.54, 1.807) is 6.20 Å². The third-order valence-electron chi connectivity index (χ3n) is 6.49. The molecule has 2 amide bonds. The molecule has 2 heterocycles. The molecule has 0 bridgehead atoms. The molecule has 178 valence electrons. The minimum Gasteiger partial charge on any atom is -0.343 e. The number of anilines is 1. The average Bonchev–Trinajstić information content (AvgIpc) is 3.36. The number of nitrogens with two attached hydrogens (primary N) is 1. The number of carbonyl (C=O) groups excluding carboxylic acids is 2. The molecule has 1 aromatic heterocycles. The lowest BCUT2D eigenvalue weighted by Gasteiger charge is -2.21. The predicted molar refractivity (Wildman–Crippen MR) is 135 cm³/mol. The number of pyridine rings is 1. The molecule has 3 aromatic rings. The molecule has 0 aliphatic carbocycles. The minimum absolute atomic E-state index is 0.159. The summed E-state index contributed by atoms with van der Waals surface area (Å²) in [6.07, 6.45) is 4.45. The molecular formula is C27H33N5O2. The summed E-state index contributed by atoms with van der Waals surface area (Å²) in [5.41, 5.74) is 9.59. The van der Waals surface area contributed by atoms with Gasteiger partial charge in [-0.3, -0.25) is 14.6 Å². The average molecular weight is 460 g/mol. The van der Waals surface area contributed by atoms with Gasteiger partial charge in [-0.15, -0.1) is 0 Å². The lowest BCUT2D eigenvalue weighted by molar-refractivity contribution is -0.127. The first-order valence-electron chi connectivity index (χ1n) is 12.0. The molecule has 1 aliphatic rings. The van der Waals surface area contributed by atoms with E-state index in [4.69, 9.17) is 5.73 Å². The molecule has 1 fully saturated rings. The summed E-state index contributed by atoms with van der Waals surface area (Å²) in [7, 11) is 0. The van der Waals surface area contributed by atoms with E-state index in [0.29, 0.717) is 31.5 Å². The minimum atomic E-state index is -0.663. The number of nitrogens with one attached hydrogen (secondary N) is 3. The maximum absolute atomic E-state index is 13.3. The van der Waals surface area contributed by atoms with Crippen LogP contribution < -0.4 is 21.7 Å². The van der Waals surface area contributed by atoms with Crippen molar-refractivity contribution in [2.45, 2.75) is 44.7 Å². The monoisotopic (exact) mass is 459 g/mol. The highest BCUT2D eigenvalue weighted by molar-refractivity contribution is 5.99. The predicted octanol–water partition coefficient (Wildman–Crippen LogP) is 2.79. The van der Waals surface area contributed by atoms with Crippen molar-refractivity contribution in [3.63, 3.8) is 0 Å². The summed E-state index contributed by atoms with van der Waals surface area (Å²) < 4.78 is 0. The zero-order chi connectivity index (χ0) is 23.9. The fourth-order valence-corrected chi connectivity index (χ4v) is 4.38. The zero-order valence-corrected chi connectivity index (χ0v) is 19.6. The summed E-state index contributed by atoms with van der Waals surface area (Å²) in [6.45, 7) is 3.37. The number of rotatable bonds is 9. The molecule has 7 heteroatoms. The maximum Gasteiger partial charge on any atom is 0.247 e. The normalized spacial score (nSPS) is 18.5. The quantitative estimate of drug-likeness (QED) is 0.393. The standard InChI is InChI=1S/C27H33N5O2/c1-2-18-8-10-23-21(12-18)14-22(17-30-23)31-26(33)24(11-9-19-6-4-3-5-7-19)32-27(34)25-13-20(15-28)16-29-25/h3-8,10,12,14,17,20,24-25,29H,2,9,11,13,15-16,28H2,1H3,(H,31,33)(H,32,34)/t20-,24-,25-/m1/s1. The van der Waals surface area contributed by atoms with E-state index in [1.165, 1.54) is 5.56 Å². The van der Waals surface area contributed by atoms with Crippen LogP contribution in [0.4, 0.5) is 5.69 Å².